The number of benzene rings is 1. The van der Waals surface area contributed by atoms with Crippen LogP contribution in [-0.2, 0) is 10.5 Å². The molecule has 1 rings (SSSR count). The number of thioether (sulfide) groups is 1. The molecule has 0 aliphatic carbocycles. The van der Waals surface area contributed by atoms with Gasteiger partial charge in [0.25, 0.3) is 0 Å². The van der Waals surface area contributed by atoms with Crippen LogP contribution in [0.25, 0.3) is 0 Å². The fraction of sp³-hybridized carbons (Fsp3) is 0.500. The quantitative estimate of drug-likeness (QED) is 0.822. The van der Waals surface area contributed by atoms with Gasteiger partial charge in [-0.05, 0) is 39.5 Å². The van der Waals surface area contributed by atoms with E-state index in [0.29, 0.717) is 11.7 Å². The molecule has 0 heterocycles. The molecule has 0 aromatic heterocycles. The van der Waals surface area contributed by atoms with Crippen LogP contribution in [0.15, 0.2) is 22.7 Å². The minimum Gasteiger partial charge on any atom is -0.496 e. The van der Waals surface area contributed by atoms with Crippen molar-refractivity contribution in [2.75, 3.05) is 19.4 Å². The van der Waals surface area contributed by atoms with Crippen LogP contribution in [0.1, 0.15) is 19.4 Å². The molecule has 0 saturated heterocycles. The van der Waals surface area contributed by atoms with Gasteiger partial charge in [0.15, 0.2) is 0 Å². The molecule has 1 aromatic rings. The summed E-state index contributed by atoms with van der Waals surface area (Å²) in [7, 11) is 1.65. The number of ether oxygens (including phenoxy) is 1. The van der Waals surface area contributed by atoms with E-state index in [4.69, 9.17) is 4.74 Å². The Morgan fingerprint density at radius 1 is 1.47 bits per heavy atom. The molecule has 0 fully saturated rings. The van der Waals surface area contributed by atoms with Crippen LogP contribution >= 0.6 is 27.7 Å². The molecular weight excluding hydrogens is 326 g/mol. The first-order valence-electron chi connectivity index (χ1n) is 6.19. The van der Waals surface area contributed by atoms with Crippen molar-refractivity contribution in [1.82, 2.24) is 5.32 Å². The zero-order valence-corrected chi connectivity index (χ0v) is 13.9. The maximum absolute atomic E-state index is 11.5. The van der Waals surface area contributed by atoms with Gasteiger partial charge in [-0.15, -0.1) is 11.8 Å². The number of methoxy groups -OCH3 is 1. The Kier molecular flexibility index (Phi) is 7.31. The van der Waals surface area contributed by atoms with Gasteiger partial charge in [0.1, 0.15) is 5.75 Å². The van der Waals surface area contributed by atoms with Gasteiger partial charge >= 0.3 is 0 Å². The Morgan fingerprint density at radius 3 is 2.79 bits per heavy atom. The molecule has 0 aliphatic rings. The second-order valence-corrected chi connectivity index (χ2v) is 6.50. The number of carbonyl (C=O) groups excluding carboxylic acids is 1. The summed E-state index contributed by atoms with van der Waals surface area (Å²) in [5.41, 5.74) is 1.18. The molecule has 0 radical (unpaired) electrons. The highest BCUT2D eigenvalue weighted by Crippen LogP contribution is 2.27. The molecular formula is C14H20BrNO2S. The van der Waals surface area contributed by atoms with Crippen molar-refractivity contribution in [2.24, 2.45) is 5.92 Å². The summed E-state index contributed by atoms with van der Waals surface area (Å²) in [4.78, 5) is 11.5. The highest BCUT2D eigenvalue weighted by molar-refractivity contribution is 9.10. The minimum absolute atomic E-state index is 0.103. The van der Waals surface area contributed by atoms with Crippen LogP contribution in [-0.4, -0.2) is 25.3 Å². The topological polar surface area (TPSA) is 38.3 Å². The second kappa shape index (κ2) is 8.48. The van der Waals surface area contributed by atoms with E-state index in [1.807, 2.05) is 18.2 Å². The molecule has 0 atom stereocenters. The number of carbonyl (C=O) groups is 1. The van der Waals surface area contributed by atoms with Crippen molar-refractivity contribution < 1.29 is 9.53 Å². The standard InChI is InChI=1S/C14H20BrNO2S/c1-10(2)7-16-14(17)9-19-8-11-4-5-13(18-3)12(15)6-11/h4-6,10H,7-9H2,1-3H3,(H,16,17). The van der Waals surface area contributed by atoms with E-state index in [1.165, 1.54) is 5.56 Å². The molecule has 1 amide bonds. The molecule has 0 unspecified atom stereocenters. The van der Waals surface area contributed by atoms with E-state index in [1.54, 1.807) is 18.9 Å². The smallest absolute Gasteiger partial charge is 0.230 e. The van der Waals surface area contributed by atoms with Crippen LogP contribution in [0.3, 0.4) is 0 Å². The van der Waals surface area contributed by atoms with Crippen molar-refractivity contribution >= 4 is 33.6 Å². The van der Waals surface area contributed by atoms with E-state index in [-0.39, 0.29) is 5.91 Å². The summed E-state index contributed by atoms with van der Waals surface area (Å²) in [6.45, 7) is 4.91. The third-order valence-corrected chi connectivity index (χ3v) is 4.05. The number of halogens is 1. The predicted octanol–water partition coefficient (Wildman–Crippen LogP) is 3.46. The number of hydrogen-bond acceptors (Lipinski definition) is 3. The molecule has 0 bridgehead atoms. The minimum atomic E-state index is 0.103. The average molecular weight is 346 g/mol. The van der Waals surface area contributed by atoms with E-state index < -0.39 is 0 Å². The molecule has 0 aliphatic heterocycles. The fourth-order valence-electron chi connectivity index (χ4n) is 1.43. The van der Waals surface area contributed by atoms with Gasteiger partial charge in [-0.2, -0.15) is 0 Å². The highest BCUT2D eigenvalue weighted by Gasteiger charge is 2.05. The first kappa shape index (κ1) is 16.4. The van der Waals surface area contributed by atoms with Crippen LogP contribution in [0.5, 0.6) is 5.75 Å². The zero-order chi connectivity index (χ0) is 14.3. The maximum atomic E-state index is 11.5. The Labute approximate surface area is 127 Å². The molecule has 19 heavy (non-hydrogen) atoms. The van der Waals surface area contributed by atoms with Gasteiger partial charge in [-0.3, -0.25) is 4.79 Å². The Morgan fingerprint density at radius 2 is 2.21 bits per heavy atom. The van der Waals surface area contributed by atoms with Gasteiger partial charge in [0.2, 0.25) is 5.91 Å². The van der Waals surface area contributed by atoms with Crippen molar-refractivity contribution in [3.63, 3.8) is 0 Å². The Hall–Kier alpha value is -0.680. The van der Waals surface area contributed by atoms with Crippen LogP contribution in [0.4, 0.5) is 0 Å². The lowest BCUT2D eigenvalue weighted by Gasteiger charge is -2.08. The number of rotatable bonds is 7. The van der Waals surface area contributed by atoms with E-state index >= 15 is 0 Å². The highest BCUT2D eigenvalue weighted by atomic mass is 79.9. The van der Waals surface area contributed by atoms with E-state index in [0.717, 1.165) is 22.5 Å². The lowest BCUT2D eigenvalue weighted by Crippen LogP contribution is -2.28. The molecule has 0 saturated carbocycles. The summed E-state index contributed by atoms with van der Waals surface area (Å²) < 4.78 is 6.12. The van der Waals surface area contributed by atoms with Gasteiger partial charge < -0.3 is 10.1 Å². The molecule has 106 valence electrons. The van der Waals surface area contributed by atoms with E-state index in [2.05, 4.69) is 35.1 Å². The van der Waals surface area contributed by atoms with Crippen LogP contribution < -0.4 is 10.1 Å². The maximum Gasteiger partial charge on any atom is 0.230 e. The summed E-state index contributed by atoms with van der Waals surface area (Å²) >= 11 is 5.07. The van der Waals surface area contributed by atoms with Gasteiger partial charge in [-0.25, -0.2) is 0 Å². The van der Waals surface area contributed by atoms with Gasteiger partial charge in [-0.1, -0.05) is 19.9 Å². The molecule has 0 spiro atoms. The van der Waals surface area contributed by atoms with E-state index in [9.17, 15) is 4.79 Å². The predicted molar refractivity (Wildman–Crippen MR) is 84.7 cm³/mol. The number of nitrogens with one attached hydrogen (secondary N) is 1. The normalized spacial score (nSPS) is 10.6. The number of amides is 1. The summed E-state index contributed by atoms with van der Waals surface area (Å²) in [6.07, 6.45) is 0. The first-order chi connectivity index (χ1) is 9.02. The second-order valence-electron chi connectivity index (χ2n) is 4.66. The fourth-order valence-corrected chi connectivity index (χ4v) is 2.82. The largest absolute Gasteiger partial charge is 0.496 e. The third kappa shape index (κ3) is 6.34. The van der Waals surface area contributed by atoms with Gasteiger partial charge in [0.05, 0.1) is 17.3 Å². The molecule has 3 nitrogen and oxygen atoms in total. The molecule has 5 heteroatoms. The first-order valence-corrected chi connectivity index (χ1v) is 8.14. The van der Waals surface area contributed by atoms with Crippen LogP contribution in [0.2, 0.25) is 0 Å². The zero-order valence-electron chi connectivity index (χ0n) is 11.5. The lowest BCUT2D eigenvalue weighted by molar-refractivity contribution is -0.118. The third-order valence-electron chi connectivity index (χ3n) is 2.43. The van der Waals surface area contributed by atoms with Crippen LogP contribution in [0, 0.1) is 5.92 Å². The molecule has 1 N–H and O–H groups in total. The number of hydrogen-bond donors (Lipinski definition) is 1. The van der Waals surface area contributed by atoms with Crippen molar-refractivity contribution in [3.05, 3.63) is 28.2 Å². The van der Waals surface area contributed by atoms with Gasteiger partial charge in [0, 0.05) is 12.3 Å². The molecule has 1 aromatic carbocycles. The van der Waals surface area contributed by atoms with Crippen molar-refractivity contribution in [3.8, 4) is 5.75 Å². The van der Waals surface area contributed by atoms with Crippen molar-refractivity contribution in [2.45, 2.75) is 19.6 Å². The summed E-state index contributed by atoms with van der Waals surface area (Å²) in [5.74, 6) is 2.73. The monoisotopic (exact) mass is 345 g/mol. The van der Waals surface area contributed by atoms with Crippen molar-refractivity contribution in [1.29, 1.82) is 0 Å². The average Bonchev–Trinajstić information content (AvgIpc) is 2.36. The Bertz CT molecular complexity index is 424. The SMILES string of the molecule is COc1ccc(CSCC(=O)NCC(C)C)cc1Br. The lowest BCUT2D eigenvalue weighted by atomic mass is 10.2. The summed E-state index contributed by atoms with van der Waals surface area (Å²) in [5, 5.41) is 2.91. The summed E-state index contributed by atoms with van der Waals surface area (Å²) in [6, 6.07) is 5.97. The Balaban J connectivity index is 2.33.